The van der Waals surface area contributed by atoms with Gasteiger partial charge >= 0.3 is 5.97 Å². The Morgan fingerprint density at radius 2 is 2.28 bits per heavy atom. The summed E-state index contributed by atoms with van der Waals surface area (Å²) in [6, 6.07) is 1.04. The van der Waals surface area contributed by atoms with Crippen LogP contribution in [0.2, 0.25) is 0 Å². The summed E-state index contributed by atoms with van der Waals surface area (Å²) in [7, 11) is 5.50. The molecule has 0 radical (unpaired) electrons. The van der Waals surface area contributed by atoms with Gasteiger partial charge in [-0.2, -0.15) is 0 Å². The van der Waals surface area contributed by atoms with Crippen molar-refractivity contribution in [2.45, 2.75) is 63.6 Å². The smallest absolute Gasteiger partial charge is 0.326 e. The van der Waals surface area contributed by atoms with Crippen LogP contribution in [0.15, 0.2) is 0 Å². The second-order valence-corrected chi connectivity index (χ2v) is 5.52. The molecular formula is C14H28N2O2. The van der Waals surface area contributed by atoms with Gasteiger partial charge in [-0.25, -0.2) is 0 Å². The second kappa shape index (κ2) is 6.53. The van der Waals surface area contributed by atoms with Crippen LogP contribution in [0.1, 0.15) is 46.0 Å². The lowest BCUT2D eigenvalue weighted by atomic mass is 9.97. The number of likely N-dealkylation sites (N-methyl/N-ethyl adjacent to an activating group) is 1. The number of hydrogen-bond donors (Lipinski definition) is 1. The van der Waals surface area contributed by atoms with Gasteiger partial charge < -0.3 is 15.0 Å². The van der Waals surface area contributed by atoms with Crippen LogP contribution in [0.4, 0.5) is 0 Å². The van der Waals surface area contributed by atoms with E-state index >= 15 is 0 Å². The molecule has 3 unspecified atom stereocenters. The summed E-state index contributed by atoms with van der Waals surface area (Å²) in [4.78, 5) is 14.3. The van der Waals surface area contributed by atoms with E-state index in [0.29, 0.717) is 12.1 Å². The van der Waals surface area contributed by atoms with E-state index in [9.17, 15) is 4.79 Å². The van der Waals surface area contributed by atoms with Crippen molar-refractivity contribution in [3.63, 3.8) is 0 Å². The Morgan fingerprint density at radius 3 is 2.78 bits per heavy atom. The van der Waals surface area contributed by atoms with Gasteiger partial charge in [0.05, 0.1) is 7.11 Å². The van der Waals surface area contributed by atoms with Crippen LogP contribution >= 0.6 is 0 Å². The normalized spacial score (nSPS) is 29.6. The number of esters is 1. The van der Waals surface area contributed by atoms with Gasteiger partial charge in [0.25, 0.3) is 0 Å². The van der Waals surface area contributed by atoms with E-state index in [4.69, 9.17) is 4.74 Å². The number of hydrogen-bond acceptors (Lipinski definition) is 4. The monoisotopic (exact) mass is 256 g/mol. The quantitative estimate of drug-likeness (QED) is 0.736. The van der Waals surface area contributed by atoms with Crippen LogP contribution in [0, 0.1) is 0 Å². The summed E-state index contributed by atoms with van der Waals surface area (Å²) in [6.45, 7) is 4.48. The molecule has 1 aliphatic rings. The summed E-state index contributed by atoms with van der Waals surface area (Å²) < 4.78 is 4.94. The number of nitrogens with zero attached hydrogens (tertiary/aromatic N) is 1. The van der Waals surface area contributed by atoms with Crippen molar-refractivity contribution in [1.82, 2.24) is 10.2 Å². The highest BCUT2D eigenvalue weighted by atomic mass is 16.5. The Morgan fingerprint density at radius 1 is 1.61 bits per heavy atom. The fraction of sp³-hybridized carbons (Fsp3) is 0.929. The van der Waals surface area contributed by atoms with Crippen molar-refractivity contribution in [3.05, 3.63) is 0 Å². The zero-order valence-electron chi connectivity index (χ0n) is 12.5. The molecule has 4 heteroatoms. The molecule has 0 heterocycles. The van der Waals surface area contributed by atoms with Crippen molar-refractivity contribution in [1.29, 1.82) is 0 Å². The Kier molecular flexibility index (Phi) is 5.60. The average molecular weight is 256 g/mol. The molecule has 0 aliphatic heterocycles. The molecule has 1 fully saturated rings. The highest BCUT2D eigenvalue weighted by molar-refractivity contribution is 5.81. The van der Waals surface area contributed by atoms with Crippen molar-refractivity contribution < 1.29 is 9.53 Å². The van der Waals surface area contributed by atoms with E-state index in [2.05, 4.69) is 31.1 Å². The molecule has 106 valence electrons. The third-order valence-electron chi connectivity index (χ3n) is 4.52. The Hall–Kier alpha value is -0.610. The van der Waals surface area contributed by atoms with E-state index in [1.165, 1.54) is 20.0 Å². The second-order valence-electron chi connectivity index (χ2n) is 5.52. The molecule has 0 aromatic carbocycles. The molecule has 4 nitrogen and oxygen atoms in total. The lowest BCUT2D eigenvalue weighted by Crippen LogP contribution is -2.50. The van der Waals surface area contributed by atoms with E-state index in [1.54, 1.807) is 0 Å². The minimum Gasteiger partial charge on any atom is -0.468 e. The predicted octanol–water partition coefficient (Wildman–Crippen LogP) is 1.79. The van der Waals surface area contributed by atoms with Gasteiger partial charge in [0.1, 0.15) is 5.54 Å². The maximum Gasteiger partial charge on any atom is 0.326 e. The van der Waals surface area contributed by atoms with Gasteiger partial charge in [-0.1, -0.05) is 13.3 Å². The number of carbonyl (C=O) groups excluding carboxylic acids is 1. The van der Waals surface area contributed by atoms with Crippen LogP contribution < -0.4 is 5.32 Å². The van der Waals surface area contributed by atoms with Crippen molar-refractivity contribution >= 4 is 5.97 Å². The molecule has 0 aromatic rings. The summed E-state index contributed by atoms with van der Waals surface area (Å²) in [5.74, 6) is -0.121. The van der Waals surface area contributed by atoms with E-state index in [0.717, 1.165) is 19.3 Å². The highest BCUT2D eigenvalue weighted by Gasteiger charge is 2.46. The lowest BCUT2D eigenvalue weighted by molar-refractivity contribution is -0.148. The molecule has 0 bridgehead atoms. The third-order valence-corrected chi connectivity index (χ3v) is 4.52. The summed E-state index contributed by atoms with van der Waals surface area (Å²) >= 11 is 0. The van der Waals surface area contributed by atoms with Crippen LogP contribution in [0.25, 0.3) is 0 Å². The average Bonchev–Trinajstić information content (AvgIpc) is 2.82. The van der Waals surface area contributed by atoms with Gasteiger partial charge in [0.2, 0.25) is 0 Å². The molecule has 18 heavy (non-hydrogen) atoms. The predicted molar refractivity (Wildman–Crippen MR) is 73.6 cm³/mol. The first-order chi connectivity index (χ1) is 8.50. The minimum atomic E-state index is -0.473. The fourth-order valence-electron chi connectivity index (χ4n) is 3.06. The Bertz CT molecular complexity index is 283. The van der Waals surface area contributed by atoms with Crippen molar-refractivity contribution in [2.75, 3.05) is 21.2 Å². The zero-order chi connectivity index (χ0) is 13.8. The molecule has 1 rings (SSSR count). The summed E-state index contributed by atoms with van der Waals surface area (Å²) in [5, 5.41) is 3.18. The molecule has 0 spiro atoms. The van der Waals surface area contributed by atoms with Gasteiger partial charge in [-0.3, -0.25) is 4.79 Å². The molecule has 1 aliphatic carbocycles. The first kappa shape index (κ1) is 15.4. The van der Waals surface area contributed by atoms with Gasteiger partial charge in [-0.05, 0) is 46.7 Å². The molecule has 0 aromatic heterocycles. The number of nitrogens with one attached hydrogen (secondary N) is 1. The minimum absolute atomic E-state index is 0.121. The van der Waals surface area contributed by atoms with Gasteiger partial charge in [0.15, 0.2) is 0 Å². The maximum atomic E-state index is 11.9. The largest absolute Gasteiger partial charge is 0.468 e. The zero-order valence-corrected chi connectivity index (χ0v) is 12.5. The SMILES string of the molecule is CCCC(C)N(C)C1CCC(NC)(C(=O)OC)C1. The Labute approximate surface area is 111 Å². The third kappa shape index (κ3) is 3.04. The number of carbonyl (C=O) groups is 1. The molecule has 1 N–H and O–H groups in total. The molecule has 1 saturated carbocycles. The van der Waals surface area contributed by atoms with Crippen molar-refractivity contribution in [2.24, 2.45) is 0 Å². The summed E-state index contributed by atoms with van der Waals surface area (Å²) in [5.41, 5.74) is -0.473. The van der Waals surface area contributed by atoms with Crippen LogP contribution in [0.5, 0.6) is 0 Å². The number of ether oxygens (including phenoxy) is 1. The van der Waals surface area contributed by atoms with Crippen LogP contribution in [-0.2, 0) is 9.53 Å². The van der Waals surface area contributed by atoms with E-state index in [-0.39, 0.29) is 5.97 Å². The summed E-state index contributed by atoms with van der Waals surface area (Å²) in [6.07, 6.45) is 5.18. The Balaban J connectivity index is 2.66. The molecule has 0 amide bonds. The first-order valence-electron chi connectivity index (χ1n) is 7.00. The van der Waals surface area contributed by atoms with E-state index < -0.39 is 5.54 Å². The lowest BCUT2D eigenvalue weighted by Gasteiger charge is -2.32. The number of methoxy groups -OCH3 is 1. The van der Waals surface area contributed by atoms with Gasteiger partial charge in [0, 0.05) is 12.1 Å². The molecule has 3 atom stereocenters. The topological polar surface area (TPSA) is 41.6 Å². The molecular weight excluding hydrogens is 228 g/mol. The van der Waals surface area contributed by atoms with E-state index in [1.807, 2.05) is 7.05 Å². The van der Waals surface area contributed by atoms with Crippen LogP contribution in [-0.4, -0.2) is 49.7 Å². The standard InChI is InChI=1S/C14H28N2O2/c1-6-7-11(2)16(4)12-8-9-14(10-12,15-3)13(17)18-5/h11-12,15H,6-10H2,1-5H3. The fourth-order valence-corrected chi connectivity index (χ4v) is 3.06. The highest BCUT2D eigenvalue weighted by Crippen LogP contribution is 2.34. The van der Waals surface area contributed by atoms with Gasteiger partial charge in [-0.15, -0.1) is 0 Å². The first-order valence-corrected chi connectivity index (χ1v) is 7.00. The number of rotatable bonds is 6. The van der Waals surface area contributed by atoms with Crippen LogP contribution in [0.3, 0.4) is 0 Å². The van der Waals surface area contributed by atoms with Crippen molar-refractivity contribution in [3.8, 4) is 0 Å². The maximum absolute atomic E-state index is 11.9. The molecule has 0 saturated heterocycles.